The Kier molecular flexibility index (Phi) is 17.6. The van der Waals surface area contributed by atoms with E-state index in [1.807, 2.05) is 25.1 Å². The van der Waals surface area contributed by atoms with Gasteiger partial charge in [0, 0.05) is 49.3 Å². The Morgan fingerprint density at radius 3 is 2.42 bits per heavy atom. The zero-order valence-electron chi connectivity index (χ0n) is 28.8. The normalized spacial score (nSPS) is 12.1. The average molecular weight is 703 g/mol. The number of nitrogens with zero attached hydrogens (tertiary/aromatic N) is 3. The standard InChI is InChI=1S/C35H37ClN4O3.C3H8O.CH2O2/c1-25-29(8-5-10-32(25)28-7-4-9-31(16-28)41-14-6-13-40-11-2-3-12-40)24-43-35-18-34(30(20-38)17-33(35)36)42-23-27-15-26(19-37)21-39-22-27;1-2-3-4;2-1-3/h4-5,7-10,15-18,21-22H,2-3,6,11-14,20,23-24,38H2,1H3;4H,2-3H2,1H3;1H,(H,2,3). The smallest absolute Gasteiger partial charge is 0.290 e. The van der Waals surface area contributed by atoms with Crippen LogP contribution in [0, 0.1) is 18.3 Å². The van der Waals surface area contributed by atoms with E-state index in [1.165, 1.54) is 32.1 Å². The zero-order chi connectivity index (χ0) is 36.1. The number of aliphatic hydroxyl groups excluding tert-OH is 1. The summed E-state index contributed by atoms with van der Waals surface area (Å²) >= 11 is 6.58. The highest BCUT2D eigenvalue weighted by atomic mass is 35.5. The fourth-order valence-corrected chi connectivity index (χ4v) is 5.56. The molecule has 4 N–H and O–H groups in total. The molecule has 1 fully saturated rings. The summed E-state index contributed by atoms with van der Waals surface area (Å²) in [4.78, 5) is 15.0. The van der Waals surface area contributed by atoms with Crippen LogP contribution < -0.4 is 19.9 Å². The second-order valence-corrected chi connectivity index (χ2v) is 12.0. The van der Waals surface area contributed by atoms with E-state index >= 15 is 0 Å². The third kappa shape index (κ3) is 12.7. The predicted molar refractivity (Wildman–Crippen MR) is 195 cm³/mol. The first kappa shape index (κ1) is 39.8. The van der Waals surface area contributed by atoms with Crippen LogP contribution in [0.5, 0.6) is 17.2 Å². The Labute approximate surface area is 300 Å². The molecule has 0 saturated carbocycles. The number of nitrogens with two attached hydrogens (primary N) is 1. The summed E-state index contributed by atoms with van der Waals surface area (Å²) in [6.45, 7) is 9.17. The van der Waals surface area contributed by atoms with E-state index in [0.717, 1.165) is 58.5 Å². The van der Waals surface area contributed by atoms with Gasteiger partial charge in [0.25, 0.3) is 6.47 Å². The van der Waals surface area contributed by atoms with Crippen LogP contribution in [0.2, 0.25) is 5.02 Å². The molecule has 50 heavy (non-hydrogen) atoms. The van der Waals surface area contributed by atoms with Gasteiger partial charge in [-0.15, -0.1) is 0 Å². The summed E-state index contributed by atoms with van der Waals surface area (Å²) in [5, 5.41) is 24.4. The minimum absolute atomic E-state index is 0.235. The molecule has 0 amide bonds. The molecular formula is C39H47ClN4O6. The minimum atomic E-state index is -0.250. The lowest BCUT2D eigenvalue weighted by Gasteiger charge is -2.17. The fourth-order valence-electron chi connectivity index (χ4n) is 5.32. The molecule has 1 saturated heterocycles. The lowest BCUT2D eigenvalue weighted by Crippen LogP contribution is -2.21. The summed E-state index contributed by atoms with van der Waals surface area (Å²) in [6, 6.07) is 21.9. The summed E-state index contributed by atoms with van der Waals surface area (Å²) in [7, 11) is 0. The average Bonchev–Trinajstić information content (AvgIpc) is 3.67. The van der Waals surface area contributed by atoms with Crippen molar-refractivity contribution in [1.82, 2.24) is 9.88 Å². The maximum absolute atomic E-state index is 9.15. The molecule has 5 rings (SSSR count). The number of nitriles is 1. The van der Waals surface area contributed by atoms with Crippen LogP contribution >= 0.6 is 11.6 Å². The number of likely N-dealkylation sites (tertiary alicyclic amines) is 1. The highest BCUT2D eigenvalue weighted by molar-refractivity contribution is 6.32. The minimum Gasteiger partial charge on any atom is -0.494 e. The first-order valence-electron chi connectivity index (χ1n) is 16.7. The van der Waals surface area contributed by atoms with E-state index in [-0.39, 0.29) is 19.6 Å². The number of hydrogen-bond acceptors (Lipinski definition) is 9. The molecule has 0 bridgehead atoms. The van der Waals surface area contributed by atoms with E-state index in [2.05, 4.69) is 47.1 Å². The highest BCUT2D eigenvalue weighted by Crippen LogP contribution is 2.35. The number of halogens is 1. The van der Waals surface area contributed by atoms with Crippen molar-refractivity contribution in [2.24, 2.45) is 5.73 Å². The summed E-state index contributed by atoms with van der Waals surface area (Å²) in [6.07, 6.45) is 7.72. The van der Waals surface area contributed by atoms with Crippen LogP contribution in [0.1, 0.15) is 60.4 Å². The molecule has 0 atom stereocenters. The molecule has 266 valence electrons. The molecule has 11 heteroatoms. The van der Waals surface area contributed by atoms with E-state index in [1.54, 1.807) is 24.4 Å². The molecule has 1 aliphatic heterocycles. The van der Waals surface area contributed by atoms with Crippen molar-refractivity contribution >= 4 is 18.1 Å². The van der Waals surface area contributed by atoms with E-state index in [4.69, 9.17) is 51.8 Å². The number of rotatable bonds is 14. The molecule has 1 aliphatic rings. The van der Waals surface area contributed by atoms with Gasteiger partial charge >= 0.3 is 0 Å². The van der Waals surface area contributed by atoms with Crippen molar-refractivity contribution in [2.75, 3.05) is 32.8 Å². The van der Waals surface area contributed by atoms with Gasteiger partial charge in [0.15, 0.2) is 0 Å². The van der Waals surface area contributed by atoms with Gasteiger partial charge in [-0.05, 0) is 92.2 Å². The van der Waals surface area contributed by atoms with Crippen LogP contribution in [-0.2, 0) is 24.6 Å². The third-order valence-corrected chi connectivity index (χ3v) is 8.23. The number of aromatic nitrogens is 1. The van der Waals surface area contributed by atoms with Crippen LogP contribution in [-0.4, -0.2) is 59.4 Å². The maximum Gasteiger partial charge on any atom is 0.290 e. The highest BCUT2D eigenvalue weighted by Gasteiger charge is 2.14. The molecule has 0 unspecified atom stereocenters. The number of pyridine rings is 1. The molecule has 4 aromatic rings. The van der Waals surface area contributed by atoms with Gasteiger partial charge in [-0.3, -0.25) is 9.78 Å². The Balaban J connectivity index is 0.000000887. The van der Waals surface area contributed by atoms with Crippen molar-refractivity contribution in [2.45, 2.75) is 59.3 Å². The van der Waals surface area contributed by atoms with Crippen molar-refractivity contribution in [3.8, 4) is 34.4 Å². The molecule has 10 nitrogen and oxygen atoms in total. The van der Waals surface area contributed by atoms with Gasteiger partial charge < -0.3 is 35.1 Å². The number of ether oxygens (including phenoxy) is 3. The number of carbonyl (C=O) groups is 1. The van der Waals surface area contributed by atoms with Crippen LogP contribution in [0.3, 0.4) is 0 Å². The number of hydrogen-bond donors (Lipinski definition) is 3. The van der Waals surface area contributed by atoms with Crippen molar-refractivity contribution in [1.29, 1.82) is 5.26 Å². The summed E-state index contributed by atoms with van der Waals surface area (Å²) < 4.78 is 18.4. The maximum atomic E-state index is 9.15. The molecule has 0 spiro atoms. The molecule has 1 aromatic heterocycles. The lowest BCUT2D eigenvalue weighted by molar-refractivity contribution is -0.122. The largest absolute Gasteiger partial charge is 0.494 e. The van der Waals surface area contributed by atoms with E-state index in [0.29, 0.717) is 41.9 Å². The molecule has 3 aromatic carbocycles. The first-order valence-corrected chi connectivity index (χ1v) is 17.1. The first-order chi connectivity index (χ1) is 24.4. The van der Waals surface area contributed by atoms with Gasteiger partial charge in [0.1, 0.15) is 36.5 Å². The van der Waals surface area contributed by atoms with Gasteiger partial charge in [-0.1, -0.05) is 48.9 Å². The second kappa shape index (κ2) is 22.1. The molecular weight excluding hydrogens is 656 g/mol. The van der Waals surface area contributed by atoms with Gasteiger partial charge in [-0.25, -0.2) is 0 Å². The number of benzene rings is 3. The van der Waals surface area contributed by atoms with Gasteiger partial charge in [0.05, 0.1) is 17.2 Å². The van der Waals surface area contributed by atoms with Crippen LogP contribution in [0.4, 0.5) is 0 Å². The SMILES string of the molecule is CCCO.Cc1c(COc2cc(OCc3cncc(C#N)c3)c(CN)cc2Cl)cccc1-c1cccc(OCCCN2CCCC2)c1.O=CO. The predicted octanol–water partition coefficient (Wildman–Crippen LogP) is 7.15. The Morgan fingerprint density at radius 1 is 1.00 bits per heavy atom. The third-order valence-electron chi connectivity index (χ3n) is 7.94. The van der Waals surface area contributed by atoms with Crippen LogP contribution in [0.15, 0.2) is 73.1 Å². The van der Waals surface area contributed by atoms with E-state index in [9.17, 15) is 0 Å². The quantitative estimate of drug-likeness (QED) is 0.0912. The summed E-state index contributed by atoms with van der Waals surface area (Å²) in [5.41, 5.74) is 12.4. The van der Waals surface area contributed by atoms with Crippen LogP contribution in [0.25, 0.3) is 11.1 Å². The van der Waals surface area contributed by atoms with Crippen molar-refractivity contribution in [3.63, 3.8) is 0 Å². The number of aliphatic hydroxyl groups is 1. The molecule has 0 radical (unpaired) electrons. The molecule has 2 heterocycles. The van der Waals surface area contributed by atoms with Gasteiger partial charge in [0.2, 0.25) is 0 Å². The van der Waals surface area contributed by atoms with Crippen molar-refractivity contribution in [3.05, 3.63) is 106 Å². The fraction of sp³-hybridized carbons (Fsp3) is 0.359. The topological polar surface area (TPSA) is 151 Å². The van der Waals surface area contributed by atoms with Crippen molar-refractivity contribution < 1.29 is 29.2 Å². The Morgan fingerprint density at radius 2 is 1.72 bits per heavy atom. The zero-order valence-corrected chi connectivity index (χ0v) is 29.6. The van der Waals surface area contributed by atoms with E-state index < -0.39 is 0 Å². The van der Waals surface area contributed by atoms with Gasteiger partial charge in [-0.2, -0.15) is 5.26 Å². The Bertz CT molecular complexity index is 1670. The number of carboxylic acid groups (broad SMARTS) is 1. The Hall–Kier alpha value is -4.66. The lowest BCUT2D eigenvalue weighted by atomic mass is 9.96. The molecule has 0 aliphatic carbocycles. The summed E-state index contributed by atoms with van der Waals surface area (Å²) in [5.74, 6) is 1.97. The second-order valence-electron chi connectivity index (χ2n) is 11.6. The monoisotopic (exact) mass is 702 g/mol.